The Hall–Kier alpha value is -0.970. The molecule has 100 valence electrons. The molecule has 1 aromatic carbocycles. The first kappa shape index (κ1) is 13.5. The summed E-state index contributed by atoms with van der Waals surface area (Å²) in [5.41, 5.74) is 3.51. The number of benzene rings is 1. The van der Waals surface area contributed by atoms with Crippen LogP contribution < -0.4 is 11.3 Å². The van der Waals surface area contributed by atoms with E-state index in [9.17, 15) is 4.39 Å². The van der Waals surface area contributed by atoms with Gasteiger partial charge in [0.2, 0.25) is 0 Å². The summed E-state index contributed by atoms with van der Waals surface area (Å²) in [5, 5.41) is 0. The van der Waals surface area contributed by atoms with Gasteiger partial charge in [0.15, 0.2) is 0 Å². The number of halogens is 1. The fourth-order valence-electron chi connectivity index (χ4n) is 2.58. The van der Waals surface area contributed by atoms with E-state index >= 15 is 0 Å². The third-order valence-electron chi connectivity index (χ3n) is 3.77. The zero-order valence-electron chi connectivity index (χ0n) is 10.8. The first-order valence-electron chi connectivity index (χ1n) is 6.48. The van der Waals surface area contributed by atoms with Crippen molar-refractivity contribution in [2.45, 2.75) is 44.2 Å². The standard InChI is InChI=1S/C14H21FN2O/c1-14(7-2-3-8-18-14)13(17-16)10-11-5-4-6-12(15)9-11/h4-6,9,13,17H,2-3,7-8,10,16H2,1H3. The fraction of sp³-hybridized carbons (Fsp3) is 0.571. The molecule has 2 atom stereocenters. The van der Waals surface area contributed by atoms with Crippen molar-refractivity contribution in [2.75, 3.05) is 6.61 Å². The molecule has 2 rings (SSSR count). The maximum Gasteiger partial charge on any atom is 0.123 e. The van der Waals surface area contributed by atoms with Crippen molar-refractivity contribution >= 4 is 0 Å². The van der Waals surface area contributed by atoms with Gasteiger partial charge in [0, 0.05) is 6.61 Å². The van der Waals surface area contributed by atoms with Crippen LogP contribution in [0.25, 0.3) is 0 Å². The Kier molecular flexibility index (Phi) is 4.32. The van der Waals surface area contributed by atoms with Gasteiger partial charge in [0.1, 0.15) is 5.82 Å². The van der Waals surface area contributed by atoms with E-state index in [0.717, 1.165) is 31.4 Å². The molecule has 2 unspecified atom stereocenters. The Morgan fingerprint density at radius 1 is 1.50 bits per heavy atom. The second kappa shape index (κ2) is 5.78. The van der Waals surface area contributed by atoms with Crippen molar-refractivity contribution in [3.8, 4) is 0 Å². The van der Waals surface area contributed by atoms with Crippen molar-refractivity contribution in [1.29, 1.82) is 0 Å². The fourth-order valence-corrected chi connectivity index (χ4v) is 2.58. The van der Waals surface area contributed by atoms with E-state index in [0.29, 0.717) is 6.42 Å². The highest BCUT2D eigenvalue weighted by atomic mass is 19.1. The summed E-state index contributed by atoms with van der Waals surface area (Å²) in [6.45, 7) is 2.85. The molecule has 4 heteroatoms. The summed E-state index contributed by atoms with van der Waals surface area (Å²) in [7, 11) is 0. The number of nitrogens with two attached hydrogens (primary N) is 1. The lowest BCUT2D eigenvalue weighted by molar-refractivity contribution is -0.0884. The minimum atomic E-state index is -0.265. The van der Waals surface area contributed by atoms with Gasteiger partial charge in [-0.1, -0.05) is 12.1 Å². The van der Waals surface area contributed by atoms with Crippen LogP contribution in [0.15, 0.2) is 24.3 Å². The molecule has 1 fully saturated rings. The molecule has 0 bridgehead atoms. The maximum absolute atomic E-state index is 13.2. The molecule has 18 heavy (non-hydrogen) atoms. The van der Waals surface area contributed by atoms with Crippen LogP contribution in [-0.2, 0) is 11.2 Å². The third kappa shape index (κ3) is 3.07. The van der Waals surface area contributed by atoms with E-state index < -0.39 is 0 Å². The lowest BCUT2D eigenvalue weighted by Gasteiger charge is -2.40. The molecule has 1 aromatic rings. The molecule has 0 aliphatic carbocycles. The Balaban J connectivity index is 2.09. The molecule has 3 nitrogen and oxygen atoms in total. The number of ether oxygens (including phenoxy) is 1. The van der Waals surface area contributed by atoms with Crippen LogP contribution in [0, 0.1) is 5.82 Å². The van der Waals surface area contributed by atoms with Crippen LogP contribution in [-0.4, -0.2) is 18.2 Å². The van der Waals surface area contributed by atoms with Crippen LogP contribution in [0.4, 0.5) is 4.39 Å². The van der Waals surface area contributed by atoms with Gasteiger partial charge in [-0.05, 0) is 50.3 Å². The van der Waals surface area contributed by atoms with Gasteiger partial charge in [0.25, 0.3) is 0 Å². The largest absolute Gasteiger partial charge is 0.374 e. The van der Waals surface area contributed by atoms with E-state index in [1.165, 1.54) is 6.07 Å². The van der Waals surface area contributed by atoms with Gasteiger partial charge in [0.05, 0.1) is 11.6 Å². The van der Waals surface area contributed by atoms with E-state index in [4.69, 9.17) is 10.6 Å². The molecule has 0 spiro atoms. The summed E-state index contributed by atoms with van der Waals surface area (Å²) in [6.07, 6.45) is 3.91. The molecule has 1 aliphatic heterocycles. The molecule has 0 saturated carbocycles. The molecule has 1 aliphatic rings. The van der Waals surface area contributed by atoms with E-state index in [1.54, 1.807) is 12.1 Å². The van der Waals surface area contributed by atoms with Crippen molar-refractivity contribution in [2.24, 2.45) is 5.84 Å². The third-order valence-corrected chi connectivity index (χ3v) is 3.77. The van der Waals surface area contributed by atoms with Crippen LogP contribution in [0.5, 0.6) is 0 Å². The molecule has 3 N–H and O–H groups in total. The number of hydrazine groups is 1. The van der Waals surface area contributed by atoms with Crippen LogP contribution in [0.2, 0.25) is 0 Å². The van der Waals surface area contributed by atoms with Crippen molar-refractivity contribution in [3.63, 3.8) is 0 Å². The topological polar surface area (TPSA) is 47.3 Å². The Morgan fingerprint density at radius 2 is 2.33 bits per heavy atom. The normalized spacial score (nSPS) is 25.9. The lowest BCUT2D eigenvalue weighted by Crippen LogP contribution is -2.55. The molecular formula is C14H21FN2O. The predicted octanol–water partition coefficient (Wildman–Crippen LogP) is 2.16. The summed E-state index contributed by atoms with van der Waals surface area (Å²) < 4.78 is 19.1. The highest BCUT2D eigenvalue weighted by molar-refractivity contribution is 5.18. The molecule has 1 saturated heterocycles. The van der Waals surface area contributed by atoms with E-state index in [1.807, 2.05) is 6.07 Å². The van der Waals surface area contributed by atoms with Crippen molar-refractivity contribution in [3.05, 3.63) is 35.6 Å². The van der Waals surface area contributed by atoms with Crippen LogP contribution in [0.3, 0.4) is 0 Å². The first-order chi connectivity index (χ1) is 8.64. The van der Waals surface area contributed by atoms with Gasteiger partial charge in [-0.25, -0.2) is 4.39 Å². The lowest BCUT2D eigenvalue weighted by atomic mass is 9.85. The van der Waals surface area contributed by atoms with Crippen LogP contribution in [0.1, 0.15) is 31.7 Å². The van der Waals surface area contributed by atoms with E-state index in [2.05, 4.69) is 12.3 Å². The second-order valence-electron chi connectivity index (χ2n) is 5.17. The molecule has 0 radical (unpaired) electrons. The molecule has 0 amide bonds. The number of rotatable bonds is 4. The maximum atomic E-state index is 13.2. The van der Waals surface area contributed by atoms with Gasteiger partial charge in [-0.2, -0.15) is 0 Å². The highest BCUT2D eigenvalue weighted by Gasteiger charge is 2.36. The van der Waals surface area contributed by atoms with Gasteiger partial charge in [-0.15, -0.1) is 0 Å². The van der Waals surface area contributed by atoms with Crippen molar-refractivity contribution < 1.29 is 9.13 Å². The Bertz CT molecular complexity index is 391. The summed E-state index contributed by atoms with van der Waals surface area (Å²) in [6, 6.07) is 6.64. The number of hydrogen-bond acceptors (Lipinski definition) is 3. The number of hydrogen-bond donors (Lipinski definition) is 2. The second-order valence-corrected chi connectivity index (χ2v) is 5.17. The zero-order valence-corrected chi connectivity index (χ0v) is 10.8. The molecular weight excluding hydrogens is 231 g/mol. The predicted molar refractivity (Wildman–Crippen MR) is 69.4 cm³/mol. The Labute approximate surface area is 107 Å². The van der Waals surface area contributed by atoms with E-state index in [-0.39, 0.29) is 17.5 Å². The summed E-state index contributed by atoms with van der Waals surface area (Å²) in [4.78, 5) is 0. The SMILES string of the molecule is CC1(C(Cc2cccc(F)c2)NN)CCCCO1. The van der Waals surface area contributed by atoms with Crippen molar-refractivity contribution in [1.82, 2.24) is 5.43 Å². The number of nitrogens with one attached hydrogen (secondary N) is 1. The summed E-state index contributed by atoms with van der Waals surface area (Å²) in [5.74, 6) is 5.44. The average molecular weight is 252 g/mol. The minimum absolute atomic E-state index is 0.000370. The smallest absolute Gasteiger partial charge is 0.123 e. The zero-order chi connectivity index (χ0) is 13.0. The first-order valence-corrected chi connectivity index (χ1v) is 6.48. The highest BCUT2D eigenvalue weighted by Crippen LogP contribution is 2.29. The van der Waals surface area contributed by atoms with Gasteiger partial charge in [-0.3, -0.25) is 11.3 Å². The van der Waals surface area contributed by atoms with Gasteiger partial charge < -0.3 is 4.74 Å². The van der Waals surface area contributed by atoms with Gasteiger partial charge >= 0.3 is 0 Å². The average Bonchev–Trinajstić information content (AvgIpc) is 2.37. The minimum Gasteiger partial charge on any atom is -0.374 e. The summed E-state index contributed by atoms with van der Waals surface area (Å²) >= 11 is 0. The van der Waals surface area contributed by atoms with Crippen LogP contribution >= 0.6 is 0 Å². The quantitative estimate of drug-likeness (QED) is 0.637. The molecule has 0 aromatic heterocycles. The molecule has 1 heterocycles. The monoisotopic (exact) mass is 252 g/mol. The Morgan fingerprint density at radius 3 is 2.94 bits per heavy atom.